The van der Waals surface area contributed by atoms with Gasteiger partial charge in [-0.05, 0) is 24.3 Å². The van der Waals surface area contributed by atoms with Crippen molar-refractivity contribution in [3.63, 3.8) is 0 Å². The summed E-state index contributed by atoms with van der Waals surface area (Å²) in [5, 5.41) is 3.95. The van der Waals surface area contributed by atoms with Crippen molar-refractivity contribution in [2.24, 2.45) is 0 Å². The van der Waals surface area contributed by atoms with E-state index in [0.717, 1.165) is 0 Å². The molecular weight excluding hydrogens is 406 g/mol. The molecule has 0 N–H and O–H groups in total. The van der Waals surface area contributed by atoms with Crippen LogP contribution in [0.1, 0.15) is 10.4 Å². The molecule has 0 saturated heterocycles. The molecule has 1 heterocycles. The van der Waals surface area contributed by atoms with E-state index in [4.69, 9.17) is 32.9 Å². The van der Waals surface area contributed by atoms with Crippen LogP contribution in [0.3, 0.4) is 0 Å². The van der Waals surface area contributed by atoms with Gasteiger partial charge in [-0.2, -0.15) is 0 Å². The molecule has 31 heavy (non-hydrogen) atoms. The Morgan fingerprint density at radius 3 is 1.90 bits per heavy atom. The summed E-state index contributed by atoms with van der Waals surface area (Å²) < 4.78 is 37.6. The van der Waals surface area contributed by atoms with Crippen LogP contribution in [0.2, 0.25) is 0 Å². The first-order valence-corrected chi connectivity index (χ1v) is 9.13. The number of nitrogens with zero attached hydrogens (tertiary/aromatic N) is 1. The quantitative estimate of drug-likeness (QED) is 0.495. The maximum Gasteiger partial charge on any atom is 0.345 e. The van der Waals surface area contributed by atoms with Crippen molar-refractivity contribution in [2.75, 3.05) is 42.7 Å². The van der Waals surface area contributed by atoms with E-state index in [9.17, 15) is 4.79 Å². The van der Waals surface area contributed by atoms with E-state index < -0.39 is 5.97 Å². The topological polar surface area (TPSA) is 98.5 Å². The van der Waals surface area contributed by atoms with E-state index >= 15 is 0 Å². The lowest BCUT2D eigenvalue weighted by molar-refractivity contribution is 0.0593. The SMILES string of the molecule is COC(=O)c1c(OC)ccc(-c2cnoc2-c2cc(OC)c(OC)c(OC)c2)c1OC. The molecule has 0 atom stereocenters. The summed E-state index contributed by atoms with van der Waals surface area (Å²) in [5.74, 6) is 1.76. The molecule has 3 rings (SSSR count). The van der Waals surface area contributed by atoms with E-state index in [2.05, 4.69) is 5.16 Å². The van der Waals surface area contributed by atoms with E-state index in [1.54, 1.807) is 24.3 Å². The zero-order chi connectivity index (χ0) is 22.5. The molecule has 164 valence electrons. The second-order valence-electron chi connectivity index (χ2n) is 6.20. The van der Waals surface area contributed by atoms with Crippen LogP contribution in [0.4, 0.5) is 0 Å². The smallest absolute Gasteiger partial charge is 0.345 e. The Bertz CT molecular complexity index is 1060. The van der Waals surface area contributed by atoms with Gasteiger partial charge in [0.2, 0.25) is 5.75 Å². The lowest BCUT2D eigenvalue weighted by Gasteiger charge is -2.16. The maximum atomic E-state index is 12.4. The number of carbonyl (C=O) groups excluding carboxylic acids is 1. The summed E-state index contributed by atoms with van der Waals surface area (Å²) in [5.41, 5.74) is 1.93. The fourth-order valence-corrected chi connectivity index (χ4v) is 3.31. The Kier molecular flexibility index (Phi) is 6.54. The Labute approximate surface area is 179 Å². The molecule has 2 aromatic carbocycles. The lowest BCUT2D eigenvalue weighted by Crippen LogP contribution is -2.07. The second-order valence-corrected chi connectivity index (χ2v) is 6.20. The fourth-order valence-electron chi connectivity index (χ4n) is 3.31. The van der Waals surface area contributed by atoms with Gasteiger partial charge in [0, 0.05) is 11.1 Å². The molecule has 0 radical (unpaired) electrons. The number of ether oxygens (including phenoxy) is 6. The first-order chi connectivity index (χ1) is 15.0. The molecule has 3 aromatic rings. The minimum Gasteiger partial charge on any atom is -0.496 e. The average molecular weight is 429 g/mol. The highest BCUT2D eigenvalue weighted by Gasteiger charge is 2.26. The van der Waals surface area contributed by atoms with Crippen molar-refractivity contribution in [3.05, 3.63) is 36.0 Å². The summed E-state index contributed by atoms with van der Waals surface area (Å²) >= 11 is 0. The van der Waals surface area contributed by atoms with Crippen LogP contribution in [0, 0.1) is 0 Å². The minimum absolute atomic E-state index is 0.155. The average Bonchev–Trinajstić information content (AvgIpc) is 3.30. The Morgan fingerprint density at radius 1 is 0.774 bits per heavy atom. The van der Waals surface area contributed by atoms with Gasteiger partial charge in [-0.3, -0.25) is 0 Å². The summed E-state index contributed by atoms with van der Waals surface area (Å²) in [7, 11) is 8.78. The zero-order valence-electron chi connectivity index (χ0n) is 18.1. The van der Waals surface area contributed by atoms with Crippen LogP contribution < -0.4 is 23.7 Å². The van der Waals surface area contributed by atoms with Gasteiger partial charge >= 0.3 is 5.97 Å². The van der Waals surface area contributed by atoms with Gasteiger partial charge in [0.15, 0.2) is 17.3 Å². The first kappa shape index (κ1) is 21.8. The molecule has 0 aliphatic heterocycles. The number of hydrogen-bond donors (Lipinski definition) is 0. The van der Waals surface area contributed by atoms with Crippen LogP contribution in [0.25, 0.3) is 22.5 Å². The van der Waals surface area contributed by atoms with Crippen molar-refractivity contribution in [1.82, 2.24) is 5.16 Å². The number of carbonyl (C=O) groups is 1. The predicted octanol–water partition coefficient (Wildman–Crippen LogP) is 3.84. The third-order valence-electron chi connectivity index (χ3n) is 4.72. The van der Waals surface area contributed by atoms with Crippen LogP contribution in [-0.4, -0.2) is 53.8 Å². The minimum atomic E-state index is -0.596. The second kappa shape index (κ2) is 9.29. The molecule has 0 aliphatic rings. The standard InChI is InChI=1S/C22H23NO8/c1-25-15-8-7-13(20(28-4)18(15)22(24)30-6)14-11-23-31-19(14)12-9-16(26-2)21(29-5)17(10-12)27-3/h7-11H,1-6H3. The van der Waals surface area contributed by atoms with E-state index in [0.29, 0.717) is 45.4 Å². The summed E-state index contributed by atoms with van der Waals surface area (Å²) in [6, 6.07) is 6.87. The molecule has 0 spiro atoms. The van der Waals surface area contributed by atoms with Crippen molar-refractivity contribution in [3.8, 4) is 51.2 Å². The predicted molar refractivity (Wildman–Crippen MR) is 111 cm³/mol. The molecule has 0 amide bonds. The van der Waals surface area contributed by atoms with E-state index in [-0.39, 0.29) is 11.3 Å². The largest absolute Gasteiger partial charge is 0.496 e. The molecule has 0 bridgehead atoms. The monoisotopic (exact) mass is 429 g/mol. The Hall–Kier alpha value is -3.88. The molecule has 9 nitrogen and oxygen atoms in total. The van der Waals surface area contributed by atoms with Gasteiger partial charge in [-0.1, -0.05) is 5.16 Å². The van der Waals surface area contributed by atoms with Gasteiger partial charge in [0.25, 0.3) is 0 Å². The van der Waals surface area contributed by atoms with Gasteiger partial charge < -0.3 is 32.9 Å². The summed E-state index contributed by atoms with van der Waals surface area (Å²) in [6.45, 7) is 0. The number of methoxy groups -OCH3 is 6. The van der Waals surface area contributed by atoms with Gasteiger partial charge in [-0.15, -0.1) is 0 Å². The van der Waals surface area contributed by atoms with E-state index in [1.807, 2.05) is 0 Å². The lowest BCUT2D eigenvalue weighted by atomic mass is 9.98. The normalized spacial score (nSPS) is 10.4. The highest BCUT2D eigenvalue weighted by molar-refractivity contribution is 5.99. The number of hydrogen-bond acceptors (Lipinski definition) is 9. The van der Waals surface area contributed by atoms with Crippen molar-refractivity contribution < 1.29 is 37.7 Å². The fraction of sp³-hybridized carbons (Fsp3) is 0.273. The van der Waals surface area contributed by atoms with Gasteiger partial charge in [-0.25, -0.2) is 4.79 Å². The zero-order valence-corrected chi connectivity index (χ0v) is 18.1. The van der Waals surface area contributed by atoms with Gasteiger partial charge in [0.1, 0.15) is 17.1 Å². The third-order valence-corrected chi connectivity index (χ3v) is 4.72. The van der Waals surface area contributed by atoms with Crippen molar-refractivity contribution >= 4 is 5.97 Å². The van der Waals surface area contributed by atoms with Crippen molar-refractivity contribution in [2.45, 2.75) is 0 Å². The Balaban J connectivity index is 2.25. The van der Waals surface area contributed by atoms with Crippen LogP contribution in [0.5, 0.6) is 28.7 Å². The van der Waals surface area contributed by atoms with Crippen LogP contribution >= 0.6 is 0 Å². The molecule has 0 unspecified atom stereocenters. The Morgan fingerprint density at radius 2 is 1.39 bits per heavy atom. The molecule has 0 fully saturated rings. The molecule has 0 saturated carbocycles. The third kappa shape index (κ3) is 3.81. The number of rotatable bonds is 8. The molecule has 0 aliphatic carbocycles. The molecule has 9 heteroatoms. The summed E-state index contributed by atoms with van der Waals surface area (Å²) in [4.78, 5) is 12.4. The van der Waals surface area contributed by atoms with Crippen LogP contribution in [-0.2, 0) is 4.74 Å². The maximum absolute atomic E-state index is 12.4. The van der Waals surface area contributed by atoms with Gasteiger partial charge in [0.05, 0.1) is 54.4 Å². The highest BCUT2D eigenvalue weighted by Crippen LogP contribution is 2.46. The summed E-state index contributed by atoms with van der Waals surface area (Å²) in [6.07, 6.45) is 1.53. The number of esters is 1. The first-order valence-electron chi connectivity index (χ1n) is 9.13. The molecule has 1 aromatic heterocycles. The van der Waals surface area contributed by atoms with Crippen molar-refractivity contribution in [1.29, 1.82) is 0 Å². The number of benzene rings is 2. The highest BCUT2D eigenvalue weighted by atomic mass is 16.5. The van der Waals surface area contributed by atoms with E-state index in [1.165, 1.54) is 48.9 Å². The molecular formula is C22H23NO8. The van der Waals surface area contributed by atoms with Crippen LogP contribution in [0.15, 0.2) is 35.0 Å². The number of aromatic nitrogens is 1.